The highest BCUT2D eigenvalue weighted by molar-refractivity contribution is 14.1. The Bertz CT molecular complexity index is 2170. The third kappa shape index (κ3) is 3.72. The first-order valence-electron chi connectivity index (χ1n) is 13.0. The Hall–Kier alpha value is -3.93. The van der Waals surface area contributed by atoms with Crippen molar-refractivity contribution in [2.45, 2.75) is 0 Å². The molecule has 0 fully saturated rings. The van der Waals surface area contributed by atoms with Crippen molar-refractivity contribution in [2.75, 3.05) is 0 Å². The van der Waals surface area contributed by atoms with Gasteiger partial charge in [0, 0.05) is 40.2 Å². The maximum absolute atomic E-state index is 2.41. The van der Waals surface area contributed by atoms with Crippen LogP contribution in [-0.4, -0.2) is 4.57 Å². The minimum Gasteiger partial charge on any atom is -0.309 e. The summed E-state index contributed by atoms with van der Waals surface area (Å²) in [4.78, 5) is 0. The minimum atomic E-state index is 1.18. The van der Waals surface area contributed by atoms with E-state index in [1.54, 1.807) is 0 Å². The quantitative estimate of drug-likeness (QED) is 0.172. The van der Waals surface area contributed by atoms with Crippen molar-refractivity contribution in [3.63, 3.8) is 0 Å². The zero-order valence-electron chi connectivity index (χ0n) is 20.9. The molecule has 0 N–H and O–H groups in total. The predicted molar refractivity (Wildman–Crippen MR) is 177 cm³/mol. The number of fused-ring (bicyclic) bond motifs is 6. The van der Waals surface area contributed by atoms with Gasteiger partial charge in [-0.3, -0.25) is 0 Å². The van der Waals surface area contributed by atoms with E-state index in [9.17, 15) is 0 Å². The maximum Gasteiger partial charge on any atom is 0.0551 e. The van der Waals surface area contributed by atoms with Gasteiger partial charge < -0.3 is 4.57 Å². The van der Waals surface area contributed by atoms with Crippen LogP contribution < -0.4 is 0 Å². The van der Waals surface area contributed by atoms with E-state index in [0.29, 0.717) is 0 Å². The molecule has 8 aromatic rings. The topological polar surface area (TPSA) is 4.93 Å². The standard InChI is InChI=1S/C36H22INS/c37-26-18-20-30-29-19-17-25(21-33(29)38(34(30)22-26)27-7-2-1-3-8-27)23-13-15-24(16-14-23)28-10-6-11-32-31-9-4-5-12-35(31)39-36(28)32/h1-22H. The van der Waals surface area contributed by atoms with Crippen LogP contribution in [0, 0.1) is 3.57 Å². The smallest absolute Gasteiger partial charge is 0.0551 e. The molecule has 3 heteroatoms. The first-order chi connectivity index (χ1) is 19.2. The molecule has 0 aliphatic carbocycles. The highest BCUT2D eigenvalue weighted by Crippen LogP contribution is 2.40. The highest BCUT2D eigenvalue weighted by Gasteiger charge is 2.14. The molecule has 8 rings (SSSR count). The van der Waals surface area contributed by atoms with Crippen LogP contribution in [0.15, 0.2) is 133 Å². The van der Waals surface area contributed by atoms with E-state index in [4.69, 9.17) is 0 Å². The summed E-state index contributed by atoms with van der Waals surface area (Å²) >= 11 is 4.29. The van der Waals surface area contributed by atoms with Gasteiger partial charge in [0.1, 0.15) is 0 Å². The number of halogens is 1. The minimum absolute atomic E-state index is 1.18. The SMILES string of the molecule is Ic1ccc2c3ccc(-c4ccc(-c5cccc6c5sc5ccccc56)cc4)cc3n(-c3ccccc3)c2c1. The molecular weight excluding hydrogens is 605 g/mol. The molecule has 39 heavy (non-hydrogen) atoms. The number of nitrogens with zero attached hydrogens (tertiary/aromatic N) is 1. The Morgan fingerprint density at radius 3 is 2.00 bits per heavy atom. The number of rotatable bonds is 3. The van der Waals surface area contributed by atoms with Gasteiger partial charge in [0.25, 0.3) is 0 Å². The van der Waals surface area contributed by atoms with Gasteiger partial charge in [-0.15, -0.1) is 11.3 Å². The Labute approximate surface area is 244 Å². The number of thiophene rings is 1. The van der Waals surface area contributed by atoms with Crippen LogP contribution in [0.3, 0.4) is 0 Å². The molecule has 0 radical (unpaired) electrons. The molecular formula is C36H22INS. The summed E-state index contributed by atoms with van der Waals surface area (Å²) in [6, 6.07) is 48.8. The van der Waals surface area contributed by atoms with Crippen LogP contribution in [0.1, 0.15) is 0 Å². The average molecular weight is 628 g/mol. The van der Waals surface area contributed by atoms with Crippen LogP contribution in [0.4, 0.5) is 0 Å². The number of benzene rings is 6. The Kier molecular flexibility index (Phi) is 5.35. The van der Waals surface area contributed by atoms with Crippen molar-refractivity contribution in [2.24, 2.45) is 0 Å². The molecule has 0 atom stereocenters. The molecule has 0 saturated carbocycles. The molecule has 0 amide bonds. The fraction of sp³-hybridized carbons (Fsp3) is 0. The fourth-order valence-corrected chi connectivity index (χ4v) is 7.56. The summed E-state index contributed by atoms with van der Waals surface area (Å²) < 4.78 is 6.33. The predicted octanol–water partition coefficient (Wildman–Crippen LogP) is 11.1. The Morgan fingerprint density at radius 1 is 0.487 bits per heavy atom. The Balaban J connectivity index is 1.27. The molecule has 0 aliphatic rings. The third-order valence-corrected chi connectivity index (χ3v) is 9.57. The number of hydrogen-bond donors (Lipinski definition) is 0. The van der Waals surface area contributed by atoms with Gasteiger partial charge >= 0.3 is 0 Å². The van der Waals surface area contributed by atoms with Crippen LogP contribution in [0.2, 0.25) is 0 Å². The monoisotopic (exact) mass is 627 g/mol. The van der Waals surface area contributed by atoms with Gasteiger partial charge in [-0.25, -0.2) is 0 Å². The van der Waals surface area contributed by atoms with Crippen molar-refractivity contribution < 1.29 is 0 Å². The molecule has 184 valence electrons. The lowest BCUT2D eigenvalue weighted by molar-refractivity contribution is 1.18. The van der Waals surface area contributed by atoms with E-state index in [0.717, 1.165) is 0 Å². The zero-order chi connectivity index (χ0) is 25.9. The lowest BCUT2D eigenvalue weighted by atomic mass is 9.98. The lowest BCUT2D eigenvalue weighted by Gasteiger charge is -2.10. The number of para-hydroxylation sites is 1. The molecule has 2 heterocycles. The third-order valence-electron chi connectivity index (χ3n) is 7.68. The molecule has 6 aromatic carbocycles. The molecule has 0 aliphatic heterocycles. The Morgan fingerprint density at radius 2 is 1.15 bits per heavy atom. The van der Waals surface area contributed by atoms with Crippen LogP contribution in [-0.2, 0) is 0 Å². The molecule has 0 spiro atoms. The molecule has 0 bridgehead atoms. The second kappa shape index (κ2) is 9.08. The van der Waals surface area contributed by atoms with Gasteiger partial charge in [-0.05, 0) is 81.2 Å². The summed E-state index contributed by atoms with van der Waals surface area (Å²) in [5, 5.41) is 5.24. The van der Waals surface area contributed by atoms with E-state index >= 15 is 0 Å². The van der Waals surface area contributed by atoms with E-state index in [-0.39, 0.29) is 0 Å². The first kappa shape index (κ1) is 23.0. The summed E-state index contributed by atoms with van der Waals surface area (Å²) in [6.07, 6.45) is 0. The van der Waals surface area contributed by atoms with Gasteiger partial charge in [-0.2, -0.15) is 0 Å². The molecule has 0 unspecified atom stereocenters. The van der Waals surface area contributed by atoms with Crippen molar-refractivity contribution in [3.05, 3.63) is 137 Å². The van der Waals surface area contributed by atoms with Crippen molar-refractivity contribution in [1.29, 1.82) is 0 Å². The molecule has 1 nitrogen and oxygen atoms in total. The van der Waals surface area contributed by atoms with Gasteiger partial charge in [0.15, 0.2) is 0 Å². The fourth-order valence-electron chi connectivity index (χ4n) is 5.84. The second-order valence-electron chi connectivity index (χ2n) is 9.92. The number of aromatic nitrogens is 1. The van der Waals surface area contributed by atoms with Gasteiger partial charge in [0.05, 0.1) is 11.0 Å². The lowest BCUT2D eigenvalue weighted by Crippen LogP contribution is -1.93. The van der Waals surface area contributed by atoms with Crippen LogP contribution in [0.5, 0.6) is 0 Å². The van der Waals surface area contributed by atoms with E-state index in [1.165, 1.54) is 73.5 Å². The first-order valence-corrected chi connectivity index (χ1v) is 14.9. The van der Waals surface area contributed by atoms with Crippen molar-refractivity contribution >= 4 is 75.9 Å². The molecule has 2 aromatic heterocycles. The summed E-state index contributed by atoms with van der Waals surface area (Å²) in [5.74, 6) is 0. The zero-order valence-corrected chi connectivity index (χ0v) is 23.9. The van der Waals surface area contributed by atoms with Gasteiger partial charge in [0.2, 0.25) is 0 Å². The maximum atomic E-state index is 2.41. The normalized spacial score (nSPS) is 11.7. The van der Waals surface area contributed by atoms with E-state index < -0.39 is 0 Å². The van der Waals surface area contributed by atoms with E-state index in [2.05, 4.69) is 161 Å². The van der Waals surface area contributed by atoms with Gasteiger partial charge in [-0.1, -0.05) is 97.1 Å². The highest BCUT2D eigenvalue weighted by atomic mass is 127. The van der Waals surface area contributed by atoms with Crippen LogP contribution in [0.25, 0.3) is 69.9 Å². The summed E-state index contributed by atoms with van der Waals surface area (Å²) in [5.41, 5.74) is 8.66. The van der Waals surface area contributed by atoms with E-state index in [1.807, 2.05) is 11.3 Å². The largest absolute Gasteiger partial charge is 0.309 e. The summed E-state index contributed by atoms with van der Waals surface area (Å²) in [7, 11) is 0. The summed E-state index contributed by atoms with van der Waals surface area (Å²) in [6.45, 7) is 0. The van der Waals surface area contributed by atoms with Crippen LogP contribution >= 0.6 is 33.9 Å². The number of hydrogen-bond acceptors (Lipinski definition) is 1. The second-order valence-corrected chi connectivity index (χ2v) is 12.2. The van der Waals surface area contributed by atoms with Crippen molar-refractivity contribution in [3.8, 4) is 27.9 Å². The average Bonchev–Trinajstić information content (AvgIpc) is 3.52. The molecule has 0 saturated heterocycles. The van der Waals surface area contributed by atoms with Crippen molar-refractivity contribution in [1.82, 2.24) is 4.57 Å².